The van der Waals surface area contributed by atoms with Gasteiger partial charge in [0.1, 0.15) is 0 Å². The number of rotatable bonds is 12. The molecule has 0 atom stereocenters. The summed E-state index contributed by atoms with van der Waals surface area (Å²) in [6.45, 7) is 2.79. The molecule has 0 aliphatic carbocycles. The average Bonchev–Trinajstić information content (AvgIpc) is 3.46. The monoisotopic (exact) mass is 684 g/mol. The first kappa shape index (κ1) is 35.0. The second-order valence-electron chi connectivity index (χ2n) is 10.2. The van der Waals surface area contributed by atoms with Gasteiger partial charge in [0.05, 0.1) is 42.4 Å². The van der Waals surface area contributed by atoms with Gasteiger partial charge in [0, 0.05) is 34.4 Å². The zero-order valence-electron chi connectivity index (χ0n) is 24.4. The van der Waals surface area contributed by atoms with Crippen LogP contribution < -0.4 is 39.0 Å². The fraction of sp³-hybridized carbons (Fsp3) is 0.300. The number of halogens is 1. The van der Waals surface area contributed by atoms with Gasteiger partial charge in [-0.05, 0) is 66.6 Å². The topological polar surface area (TPSA) is 135 Å². The first-order chi connectivity index (χ1) is 20.4. The molecular formula is C30H30ClN2NaO7S3. The molecular weight excluding hydrogens is 655 g/mol. The molecule has 2 heterocycles. The third-order valence-electron chi connectivity index (χ3n) is 7.13. The van der Waals surface area contributed by atoms with Crippen LogP contribution in [0.5, 0.6) is 0 Å². The number of unbranched alkanes of at least 4 members (excludes halogenated alkanes) is 1. The van der Waals surface area contributed by atoms with Crippen LogP contribution in [-0.2, 0) is 26.8 Å². The van der Waals surface area contributed by atoms with E-state index >= 15 is 0 Å². The summed E-state index contributed by atoms with van der Waals surface area (Å²) in [5.74, 6) is -0.367. The van der Waals surface area contributed by atoms with E-state index in [1.807, 2.05) is 78.2 Å². The Balaban J connectivity index is 0.00000442. The standard InChI is InChI=1S/C30H31ClN2O7S3.Na/c1-2-21(19-29-32(14-5-6-16-42(34,35)36)25-20-23(31)11-13-27(25)41-29)18-28-33(15-7-17-43(37,38)39)30-24-9-4-3-8-22(24)10-12-26(30)40-28;/h3-4,8-13,18-20H,2,5-7,14-17H2,1H3,(H-,34,35,36,37,38,39);/q;+1/p-1. The molecule has 3 aromatic carbocycles. The van der Waals surface area contributed by atoms with Crippen LogP contribution in [0.3, 0.4) is 0 Å². The molecule has 0 saturated heterocycles. The number of oxazole rings is 1. The van der Waals surface area contributed by atoms with Crippen LogP contribution in [0.15, 0.2) is 80.6 Å². The molecule has 1 aliphatic rings. The predicted molar refractivity (Wildman–Crippen MR) is 168 cm³/mol. The van der Waals surface area contributed by atoms with Crippen molar-refractivity contribution in [1.29, 1.82) is 0 Å². The SMILES string of the molecule is CCC(=C/c1oc2ccc3ccccc3c2[n+]1CCCS(=O)(=O)[O-])/C=C1/Sc2ccc(Cl)cc2N1CCCCS(=O)(=O)[O-].[Na+]. The number of aromatic nitrogens is 1. The molecule has 1 aromatic heterocycles. The summed E-state index contributed by atoms with van der Waals surface area (Å²) in [5.41, 5.74) is 3.31. The Kier molecular flexibility index (Phi) is 11.7. The quantitative estimate of drug-likeness (QED) is 0.0955. The number of aryl methyl sites for hydroxylation is 1. The summed E-state index contributed by atoms with van der Waals surface area (Å²) in [4.78, 5) is 3.08. The average molecular weight is 685 g/mol. The predicted octanol–water partition coefficient (Wildman–Crippen LogP) is 3.04. The normalized spacial score (nSPS) is 14.9. The number of hydrogen-bond donors (Lipinski definition) is 0. The fourth-order valence-electron chi connectivity index (χ4n) is 5.13. The molecule has 1 aliphatic heterocycles. The minimum atomic E-state index is -4.37. The van der Waals surface area contributed by atoms with E-state index in [0.29, 0.717) is 35.9 Å². The number of hydrogen-bond acceptors (Lipinski definition) is 9. The summed E-state index contributed by atoms with van der Waals surface area (Å²) in [7, 11) is -8.65. The van der Waals surface area contributed by atoms with Crippen molar-refractivity contribution in [1.82, 2.24) is 0 Å². The van der Waals surface area contributed by atoms with Crippen LogP contribution in [0, 0.1) is 0 Å². The summed E-state index contributed by atoms with van der Waals surface area (Å²) in [5, 5.41) is 3.46. The zero-order valence-corrected chi connectivity index (χ0v) is 29.6. The van der Waals surface area contributed by atoms with Gasteiger partial charge in [0.15, 0.2) is 6.54 Å². The Morgan fingerprint density at radius 1 is 1.00 bits per heavy atom. The minimum absolute atomic E-state index is 0. The maximum atomic E-state index is 11.4. The number of allylic oxidation sites excluding steroid dienone is 2. The maximum Gasteiger partial charge on any atom is 1.00 e. The van der Waals surface area contributed by atoms with E-state index in [1.165, 1.54) is 0 Å². The van der Waals surface area contributed by atoms with Crippen LogP contribution >= 0.6 is 23.4 Å². The molecule has 0 saturated carbocycles. The fourth-order valence-corrected chi connectivity index (χ4v) is 7.48. The van der Waals surface area contributed by atoms with E-state index in [4.69, 9.17) is 16.0 Å². The molecule has 4 aromatic rings. The molecule has 44 heavy (non-hydrogen) atoms. The van der Waals surface area contributed by atoms with Crippen LogP contribution in [0.4, 0.5) is 5.69 Å². The van der Waals surface area contributed by atoms with Crippen molar-refractivity contribution in [2.75, 3.05) is 23.0 Å². The van der Waals surface area contributed by atoms with Gasteiger partial charge < -0.3 is 18.4 Å². The third-order valence-corrected chi connectivity index (χ3v) is 10.1. The van der Waals surface area contributed by atoms with Gasteiger partial charge >= 0.3 is 35.4 Å². The second-order valence-corrected chi connectivity index (χ2v) is 14.8. The van der Waals surface area contributed by atoms with Crippen molar-refractivity contribution < 1.29 is 64.5 Å². The van der Waals surface area contributed by atoms with Crippen molar-refractivity contribution >= 4 is 77.2 Å². The van der Waals surface area contributed by atoms with Gasteiger partial charge in [-0.1, -0.05) is 54.6 Å². The number of thioether (sulfide) groups is 1. The van der Waals surface area contributed by atoms with E-state index in [0.717, 1.165) is 37.5 Å². The largest absolute Gasteiger partial charge is 1.00 e. The molecule has 0 radical (unpaired) electrons. The molecule has 0 unspecified atom stereocenters. The number of fused-ring (bicyclic) bond motifs is 4. The number of benzene rings is 3. The first-order valence-electron chi connectivity index (χ1n) is 13.8. The molecule has 5 rings (SSSR count). The third kappa shape index (κ3) is 8.68. The van der Waals surface area contributed by atoms with Crippen LogP contribution in [0.1, 0.15) is 38.5 Å². The van der Waals surface area contributed by atoms with E-state index < -0.39 is 31.7 Å². The Hall–Kier alpha value is -1.87. The minimum Gasteiger partial charge on any atom is -0.748 e. The molecule has 0 N–H and O–H groups in total. The van der Waals surface area contributed by atoms with Crippen LogP contribution in [-0.4, -0.2) is 44.0 Å². The molecule has 0 bridgehead atoms. The summed E-state index contributed by atoms with van der Waals surface area (Å²) >= 11 is 7.87. The van der Waals surface area contributed by atoms with Crippen molar-refractivity contribution in [3.8, 4) is 0 Å². The summed E-state index contributed by atoms with van der Waals surface area (Å²) in [6, 6.07) is 17.3. The maximum absolute atomic E-state index is 11.4. The molecule has 0 amide bonds. The van der Waals surface area contributed by atoms with E-state index in [1.54, 1.807) is 11.8 Å². The number of anilines is 1. The van der Waals surface area contributed by atoms with Crippen molar-refractivity contribution in [3.63, 3.8) is 0 Å². The molecule has 0 spiro atoms. The van der Waals surface area contributed by atoms with Crippen molar-refractivity contribution in [2.45, 2.75) is 44.0 Å². The van der Waals surface area contributed by atoms with Gasteiger partial charge in [-0.25, -0.2) is 16.8 Å². The molecule has 228 valence electrons. The van der Waals surface area contributed by atoms with Crippen LogP contribution in [0.2, 0.25) is 5.02 Å². The van der Waals surface area contributed by atoms with Gasteiger partial charge in [0.2, 0.25) is 5.58 Å². The van der Waals surface area contributed by atoms with E-state index in [-0.39, 0.29) is 48.9 Å². The van der Waals surface area contributed by atoms with Gasteiger partial charge in [-0.2, -0.15) is 4.57 Å². The molecule has 9 nitrogen and oxygen atoms in total. The van der Waals surface area contributed by atoms with Gasteiger partial charge in [-0.3, -0.25) is 0 Å². The second kappa shape index (κ2) is 14.7. The first-order valence-corrected chi connectivity index (χ1v) is 18.2. The Morgan fingerprint density at radius 2 is 1.73 bits per heavy atom. The molecule has 14 heteroatoms. The Morgan fingerprint density at radius 3 is 2.45 bits per heavy atom. The van der Waals surface area contributed by atoms with E-state index in [2.05, 4.69) is 4.90 Å². The molecule has 0 fully saturated rings. The van der Waals surface area contributed by atoms with E-state index in [9.17, 15) is 25.9 Å². The van der Waals surface area contributed by atoms with Gasteiger partial charge in [-0.15, -0.1) is 0 Å². The summed E-state index contributed by atoms with van der Waals surface area (Å²) in [6.07, 6.45) is 5.49. The number of nitrogens with zero attached hydrogens (tertiary/aromatic N) is 2. The van der Waals surface area contributed by atoms with Gasteiger partial charge in [0.25, 0.3) is 5.52 Å². The van der Waals surface area contributed by atoms with Crippen LogP contribution in [0.25, 0.3) is 27.9 Å². The van der Waals surface area contributed by atoms with Crippen molar-refractivity contribution in [2.24, 2.45) is 0 Å². The smallest absolute Gasteiger partial charge is 0.748 e. The summed E-state index contributed by atoms with van der Waals surface area (Å²) < 4.78 is 75.6. The Bertz CT molecular complexity index is 1960. The van der Waals surface area contributed by atoms with Crippen molar-refractivity contribution in [3.05, 3.63) is 82.2 Å². The zero-order chi connectivity index (χ0) is 30.8. The Labute approximate surface area is 288 Å².